The lowest BCUT2D eigenvalue weighted by molar-refractivity contribution is -0.122. The second-order valence-electron chi connectivity index (χ2n) is 7.39. The molecule has 0 bridgehead atoms. The maximum Gasteiger partial charge on any atom is 0.229 e. The highest BCUT2D eigenvalue weighted by Gasteiger charge is 2.36. The molecule has 2 amide bonds. The van der Waals surface area contributed by atoms with Gasteiger partial charge in [0.15, 0.2) is 0 Å². The van der Waals surface area contributed by atoms with Gasteiger partial charge in [-0.15, -0.1) is 5.10 Å². The molecule has 4 rings (SSSR count). The predicted octanol–water partition coefficient (Wildman–Crippen LogP) is 3.82. The number of rotatable bonds is 5. The molecule has 7 nitrogen and oxygen atoms in total. The van der Waals surface area contributed by atoms with E-state index < -0.39 is 5.92 Å². The summed E-state index contributed by atoms with van der Waals surface area (Å²) in [5.74, 6) is -0.0747. The van der Waals surface area contributed by atoms with Crippen LogP contribution in [0.25, 0.3) is 11.3 Å². The van der Waals surface area contributed by atoms with Crippen LogP contribution in [0.4, 0.5) is 11.4 Å². The zero-order valence-electron chi connectivity index (χ0n) is 17.0. The van der Waals surface area contributed by atoms with E-state index in [9.17, 15) is 9.59 Å². The average molecular weight is 423 g/mol. The van der Waals surface area contributed by atoms with Crippen molar-refractivity contribution in [3.8, 4) is 17.0 Å². The van der Waals surface area contributed by atoms with Crippen molar-refractivity contribution < 1.29 is 14.3 Å². The molecule has 1 atom stereocenters. The van der Waals surface area contributed by atoms with E-state index in [-0.39, 0.29) is 18.2 Å². The van der Waals surface area contributed by atoms with Crippen LogP contribution < -0.4 is 15.0 Å². The molecule has 154 valence electrons. The van der Waals surface area contributed by atoms with Crippen molar-refractivity contribution in [2.75, 3.05) is 23.9 Å². The topological polar surface area (TPSA) is 84.4 Å². The van der Waals surface area contributed by atoms with Crippen LogP contribution in [0.15, 0.2) is 41.8 Å². The number of hydrogen-bond donors (Lipinski definition) is 1. The molecule has 0 radical (unpaired) electrons. The normalized spacial score (nSPS) is 16.0. The third-order valence-electron chi connectivity index (χ3n) is 5.27. The lowest BCUT2D eigenvalue weighted by Crippen LogP contribution is -2.28. The maximum absolute atomic E-state index is 13.0. The number of amides is 2. The Balaban J connectivity index is 1.52. The third-order valence-corrected chi connectivity index (χ3v) is 5.78. The predicted molar refractivity (Wildman–Crippen MR) is 117 cm³/mol. The van der Waals surface area contributed by atoms with Crippen LogP contribution in [-0.2, 0) is 9.59 Å². The summed E-state index contributed by atoms with van der Waals surface area (Å²) in [4.78, 5) is 27.3. The summed E-state index contributed by atoms with van der Waals surface area (Å²) < 4.78 is 9.30. The lowest BCUT2D eigenvalue weighted by Gasteiger charge is -2.20. The lowest BCUT2D eigenvalue weighted by atomic mass is 10.1. The Hall–Kier alpha value is -3.26. The number of nitrogens with zero attached hydrogens (tertiary/aromatic N) is 3. The maximum atomic E-state index is 13.0. The number of aromatic nitrogens is 2. The molecule has 1 N–H and O–H groups in total. The van der Waals surface area contributed by atoms with E-state index in [1.165, 1.54) is 11.5 Å². The molecule has 0 saturated carbocycles. The minimum atomic E-state index is -0.438. The fraction of sp³-hybridized carbons (Fsp3) is 0.273. The fourth-order valence-corrected chi connectivity index (χ4v) is 4.03. The van der Waals surface area contributed by atoms with Gasteiger partial charge in [0.05, 0.1) is 18.7 Å². The highest BCUT2D eigenvalue weighted by atomic mass is 32.1. The molecule has 8 heteroatoms. The standard InChI is InChI=1S/C22H22N4O3S/c1-13-4-7-20(29-3)19(8-13)26-11-16(10-21(26)27)22(28)23-17-9-15(6-5-14(17)2)18-12-30-25-24-18/h4-9,12,16H,10-11H2,1-3H3,(H,23,28)/t16-/m1/s1. The van der Waals surface area contributed by atoms with Gasteiger partial charge in [-0.05, 0) is 54.7 Å². The number of carbonyl (C=O) groups is 2. The smallest absolute Gasteiger partial charge is 0.229 e. The van der Waals surface area contributed by atoms with Gasteiger partial charge >= 0.3 is 0 Å². The van der Waals surface area contributed by atoms with Crippen molar-refractivity contribution >= 4 is 34.7 Å². The zero-order valence-corrected chi connectivity index (χ0v) is 17.8. The molecule has 1 aromatic heterocycles. The average Bonchev–Trinajstić information content (AvgIpc) is 3.39. The Kier molecular flexibility index (Phi) is 5.50. The Labute approximate surface area is 178 Å². The minimum absolute atomic E-state index is 0.0851. The number of carbonyl (C=O) groups excluding carboxylic acids is 2. The fourth-order valence-electron chi connectivity index (χ4n) is 3.57. The Morgan fingerprint density at radius 3 is 2.80 bits per heavy atom. The van der Waals surface area contributed by atoms with E-state index in [4.69, 9.17) is 4.74 Å². The molecule has 2 heterocycles. The van der Waals surface area contributed by atoms with Crippen molar-refractivity contribution in [2.24, 2.45) is 5.92 Å². The summed E-state index contributed by atoms with van der Waals surface area (Å²) in [5, 5.41) is 8.94. The van der Waals surface area contributed by atoms with Gasteiger partial charge in [-0.2, -0.15) is 0 Å². The molecule has 30 heavy (non-hydrogen) atoms. The van der Waals surface area contributed by atoms with Crippen LogP contribution in [-0.4, -0.2) is 35.1 Å². The minimum Gasteiger partial charge on any atom is -0.495 e. The van der Waals surface area contributed by atoms with Gasteiger partial charge in [0, 0.05) is 29.6 Å². The summed E-state index contributed by atoms with van der Waals surface area (Å²) in [6.45, 7) is 4.21. The van der Waals surface area contributed by atoms with Crippen molar-refractivity contribution in [1.29, 1.82) is 0 Å². The summed E-state index contributed by atoms with van der Waals surface area (Å²) in [7, 11) is 1.58. The molecule has 0 unspecified atom stereocenters. The molecule has 1 aliphatic heterocycles. The van der Waals surface area contributed by atoms with Crippen LogP contribution in [0, 0.1) is 19.8 Å². The number of aryl methyl sites for hydroxylation is 2. The summed E-state index contributed by atoms with van der Waals surface area (Å²) in [6.07, 6.45) is 0.164. The molecule has 0 spiro atoms. The van der Waals surface area contributed by atoms with Crippen molar-refractivity contribution in [3.63, 3.8) is 0 Å². The van der Waals surface area contributed by atoms with Gasteiger partial charge in [-0.25, -0.2) is 0 Å². The van der Waals surface area contributed by atoms with Crippen LogP contribution in [0.3, 0.4) is 0 Å². The van der Waals surface area contributed by atoms with Crippen LogP contribution >= 0.6 is 11.5 Å². The van der Waals surface area contributed by atoms with Gasteiger partial charge in [0.2, 0.25) is 11.8 Å². The molecule has 1 aliphatic rings. The molecule has 0 aliphatic carbocycles. The zero-order chi connectivity index (χ0) is 21.3. The first-order chi connectivity index (χ1) is 14.5. The van der Waals surface area contributed by atoms with E-state index in [2.05, 4.69) is 14.9 Å². The van der Waals surface area contributed by atoms with Crippen molar-refractivity contribution in [3.05, 3.63) is 52.9 Å². The highest BCUT2D eigenvalue weighted by Crippen LogP contribution is 2.34. The van der Waals surface area contributed by atoms with E-state index in [1.54, 1.807) is 12.0 Å². The monoisotopic (exact) mass is 422 g/mol. The Bertz CT molecular complexity index is 1100. The second-order valence-corrected chi connectivity index (χ2v) is 8.00. The van der Waals surface area contributed by atoms with Gasteiger partial charge < -0.3 is 15.0 Å². The van der Waals surface area contributed by atoms with Gasteiger partial charge in [0.25, 0.3) is 0 Å². The molecule has 1 saturated heterocycles. The van der Waals surface area contributed by atoms with Crippen LogP contribution in [0.5, 0.6) is 5.75 Å². The Morgan fingerprint density at radius 1 is 1.23 bits per heavy atom. The van der Waals surface area contributed by atoms with Gasteiger partial charge in [-0.1, -0.05) is 22.7 Å². The highest BCUT2D eigenvalue weighted by molar-refractivity contribution is 7.03. The van der Waals surface area contributed by atoms with E-state index in [0.29, 0.717) is 23.7 Å². The summed E-state index contributed by atoms with van der Waals surface area (Å²) in [6, 6.07) is 11.5. The first-order valence-electron chi connectivity index (χ1n) is 9.60. The first-order valence-corrected chi connectivity index (χ1v) is 10.4. The molecular formula is C22H22N4O3S. The number of nitrogens with one attached hydrogen (secondary N) is 1. The number of ether oxygens (including phenoxy) is 1. The first kappa shape index (κ1) is 20.0. The number of benzene rings is 2. The molecule has 1 fully saturated rings. The van der Waals surface area contributed by atoms with Crippen molar-refractivity contribution in [2.45, 2.75) is 20.3 Å². The van der Waals surface area contributed by atoms with Crippen LogP contribution in [0.2, 0.25) is 0 Å². The molecule has 2 aromatic carbocycles. The SMILES string of the molecule is COc1ccc(C)cc1N1C[C@H](C(=O)Nc2cc(-c3csnn3)ccc2C)CC1=O. The van der Waals surface area contributed by atoms with Crippen LogP contribution in [0.1, 0.15) is 17.5 Å². The van der Waals surface area contributed by atoms with Crippen molar-refractivity contribution in [1.82, 2.24) is 9.59 Å². The summed E-state index contributed by atoms with van der Waals surface area (Å²) in [5.41, 5.74) is 5.03. The molecular weight excluding hydrogens is 400 g/mol. The largest absolute Gasteiger partial charge is 0.495 e. The van der Waals surface area contributed by atoms with Gasteiger partial charge in [-0.3, -0.25) is 9.59 Å². The third kappa shape index (κ3) is 3.91. The van der Waals surface area contributed by atoms with E-state index >= 15 is 0 Å². The summed E-state index contributed by atoms with van der Waals surface area (Å²) >= 11 is 1.28. The second kappa shape index (κ2) is 8.23. The number of methoxy groups -OCH3 is 1. The number of anilines is 2. The van der Waals surface area contributed by atoms with E-state index in [1.807, 2.05) is 55.6 Å². The number of hydrogen-bond acceptors (Lipinski definition) is 6. The molecule has 3 aromatic rings. The van der Waals surface area contributed by atoms with E-state index in [0.717, 1.165) is 22.4 Å². The quantitative estimate of drug-likeness (QED) is 0.676. The van der Waals surface area contributed by atoms with Gasteiger partial charge in [0.1, 0.15) is 11.4 Å². The Morgan fingerprint density at radius 2 is 2.07 bits per heavy atom.